The zero-order chi connectivity index (χ0) is 60.9. The van der Waals surface area contributed by atoms with Crippen LogP contribution in [-0.4, -0.2) is 187 Å². The number of carboxylic acids is 4. The molecule has 0 bridgehead atoms. The van der Waals surface area contributed by atoms with Crippen molar-refractivity contribution >= 4 is 71.1 Å². The van der Waals surface area contributed by atoms with Gasteiger partial charge in [0.25, 0.3) is 0 Å². The minimum Gasteiger partial charge on any atom is -0.508 e. The van der Waals surface area contributed by atoms with E-state index in [4.69, 9.17) is 22.3 Å². The van der Waals surface area contributed by atoms with Crippen LogP contribution >= 0.6 is 0 Å². The molecule has 448 valence electrons. The molecule has 0 radical (unpaired) electrons. The third-order valence-electron chi connectivity index (χ3n) is 12.2. The highest BCUT2D eigenvalue weighted by molar-refractivity contribution is 5.99. The second-order valence-electron chi connectivity index (χ2n) is 19.0. The fourth-order valence-corrected chi connectivity index (χ4v) is 7.79. The Morgan fingerprint density at radius 1 is 0.432 bits per heavy atom. The van der Waals surface area contributed by atoms with Gasteiger partial charge in [-0.05, 0) is 95.1 Å². The average Bonchev–Trinajstić information content (AvgIpc) is 3.39. The van der Waals surface area contributed by atoms with Crippen molar-refractivity contribution < 1.29 is 93.3 Å². The summed E-state index contributed by atoms with van der Waals surface area (Å²) in [6.07, 6.45) is -6.96. The summed E-state index contributed by atoms with van der Waals surface area (Å²) in [7, 11) is 0. The number of benzene rings is 2. The average molecular weight is 1150 g/mol. The van der Waals surface area contributed by atoms with Crippen LogP contribution in [0, 0.1) is 0 Å². The molecular weight excluding hydrogens is 1070 g/mol. The SMILES string of the molecule is C[C@@H](O)[C@H](NC(=O)[C@H](CCCCN)NC(=O)[C@H](CC(=O)O)NC(=O)[C@H](CCC(=O)O)NC(=O)[C@H](CCCCN)NC(=O)[C@@H](NC(=O)[C@H](Cc1ccc(O)cc1)NC(=O)[C@@H](N)CC(=O)O)[C@@H](C)O)C(=O)N[C@@H](Cc1ccccc1)C(=O)O. The summed E-state index contributed by atoms with van der Waals surface area (Å²) < 4.78 is 0. The van der Waals surface area contributed by atoms with Gasteiger partial charge in [0.2, 0.25) is 47.3 Å². The number of aliphatic hydroxyl groups excluding tert-OH is 2. The summed E-state index contributed by atoms with van der Waals surface area (Å²) in [5, 5.41) is 87.7. The van der Waals surface area contributed by atoms with Crippen molar-refractivity contribution in [3.8, 4) is 5.75 Å². The number of hydrogen-bond acceptors (Lipinski definition) is 18. The lowest BCUT2D eigenvalue weighted by Crippen LogP contribution is -2.62. The molecule has 30 heteroatoms. The van der Waals surface area contributed by atoms with Crippen molar-refractivity contribution in [1.29, 1.82) is 0 Å². The molecule has 0 unspecified atom stereocenters. The van der Waals surface area contributed by atoms with E-state index in [0.29, 0.717) is 11.1 Å². The van der Waals surface area contributed by atoms with Gasteiger partial charge in [0.05, 0.1) is 31.1 Å². The quantitative estimate of drug-likeness (QED) is 0.0281. The fraction of sp³-hybridized carbons (Fsp3) is 0.529. The Morgan fingerprint density at radius 2 is 0.815 bits per heavy atom. The minimum atomic E-state index is -2.06. The lowest BCUT2D eigenvalue weighted by Gasteiger charge is -2.28. The molecule has 11 atom stereocenters. The molecule has 21 N–H and O–H groups in total. The summed E-state index contributed by atoms with van der Waals surface area (Å²) in [5.41, 5.74) is 17.9. The van der Waals surface area contributed by atoms with Gasteiger partial charge in [0.1, 0.15) is 54.1 Å². The van der Waals surface area contributed by atoms with Gasteiger partial charge in [-0.1, -0.05) is 42.5 Å². The molecule has 30 nitrogen and oxygen atoms in total. The number of phenolic OH excluding ortho intramolecular Hbond substituents is 1. The van der Waals surface area contributed by atoms with Crippen molar-refractivity contribution in [1.82, 2.24) is 42.5 Å². The molecule has 0 fully saturated rings. The van der Waals surface area contributed by atoms with Crippen molar-refractivity contribution in [3.63, 3.8) is 0 Å². The first-order valence-corrected chi connectivity index (χ1v) is 25.8. The van der Waals surface area contributed by atoms with Crippen LogP contribution in [0.25, 0.3) is 0 Å². The van der Waals surface area contributed by atoms with Crippen molar-refractivity contribution in [2.45, 2.75) is 157 Å². The van der Waals surface area contributed by atoms with E-state index < -0.39 is 163 Å². The van der Waals surface area contributed by atoms with Gasteiger partial charge >= 0.3 is 23.9 Å². The summed E-state index contributed by atoms with van der Waals surface area (Å²) in [5.74, 6) is -15.5. The van der Waals surface area contributed by atoms with E-state index in [2.05, 4.69) is 42.5 Å². The number of nitrogens with two attached hydrogens (primary N) is 3. The Kier molecular flexibility index (Phi) is 30.0. The van der Waals surface area contributed by atoms with E-state index in [1.807, 2.05) is 0 Å². The third-order valence-corrected chi connectivity index (χ3v) is 12.2. The van der Waals surface area contributed by atoms with Crippen LogP contribution in [0.5, 0.6) is 5.75 Å². The fourth-order valence-electron chi connectivity index (χ4n) is 7.79. The van der Waals surface area contributed by atoms with Crippen LogP contribution in [0.4, 0.5) is 0 Å². The number of carbonyl (C=O) groups is 12. The molecule has 0 spiro atoms. The number of carbonyl (C=O) groups excluding carboxylic acids is 8. The van der Waals surface area contributed by atoms with Gasteiger partial charge in [-0.25, -0.2) is 4.79 Å². The van der Waals surface area contributed by atoms with E-state index in [1.54, 1.807) is 30.3 Å². The summed E-state index contributed by atoms with van der Waals surface area (Å²) in [6.45, 7) is 2.43. The highest BCUT2D eigenvalue weighted by Gasteiger charge is 2.37. The van der Waals surface area contributed by atoms with Crippen molar-refractivity contribution in [3.05, 3.63) is 65.7 Å². The minimum absolute atomic E-state index is 0.101. The van der Waals surface area contributed by atoms with Gasteiger partial charge in [-0.2, -0.15) is 0 Å². The lowest BCUT2D eigenvalue weighted by molar-refractivity contribution is -0.143. The van der Waals surface area contributed by atoms with E-state index in [0.717, 1.165) is 13.8 Å². The molecule has 2 rings (SSSR count). The molecule has 2 aromatic carbocycles. The molecule has 81 heavy (non-hydrogen) atoms. The second kappa shape index (κ2) is 35.3. The monoisotopic (exact) mass is 1150 g/mol. The van der Waals surface area contributed by atoms with Gasteiger partial charge < -0.3 is 95.5 Å². The Labute approximate surface area is 465 Å². The second-order valence-corrected chi connectivity index (χ2v) is 19.0. The predicted molar refractivity (Wildman–Crippen MR) is 284 cm³/mol. The first-order valence-electron chi connectivity index (χ1n) is 25.8. The number of aliphatic carboxylic acids is 4. The van der Waals surface area contributed by atoms with Gasteiger partial charge in [-0.3, -0.25) is 52.7 Å². The van der Waals surface area contributed by atoms with Crippen LogP contribution < -0.4 is 59.7 Å². The predicted octanol–water partition coefficient (Wildman–Crippen LogP) is -4.70. The van der Waals surface area contributed by atoms with Crippen LogP contribution in [0.2, 0.25) is 0 Å². The number of hydrogen-bond donors (Lipinski definition) is 18. The highest BCUT2D eigenvalue weighted by Crippen LogP contribution is 2.14. The van der Waals surface area contributed by atoms with Crippen molar-refractivity contribution in [2.24, 2.45) is 17.2 Å². The number of rotatable bonds is 38. The normalized spacial score (nSPS) is 15.1. The number of amides is 8. The molecule has 0 aliphatic carbocycles. The van der Waals surface area contributed by atoms with Crippen LogP contribution in [0.3, 0.4) is 0 Å². The topological polar surface area (TPSA) is 521 Å². The number of carboxylic acid groups (broad SMARTS) is 4. The van der Waals surface area contributed by atoms with Gasteiger partial charge in [0.15, 0.2) is 0 Å². The number of aromatic hydroxyl groups is 1. The molecule has 0 aliphatic heterocycles. The maximum absolute atomic E-state index is 14.1. The zero-order valence-electron chi connectivity index (χ0n) is 44.7. The molecule has 8 amide bonds. The standard InChI is InChI=1S/C51H75N11O19/c1-26(63)41(62-48(77)35(22-29-14-16-30(65)17-15-29)58-43(72)31(54)24-39(68)69)49(78)57-32(12-6-8-20-52)44(73)56-34(18-19-38(66)67)45(74)59-36(25-40(70)71)47(76)55-33(13-7-9-21-53)46(75)61-42(27(2)64)50(79)60-37(51(80)81)23-28-10-4-3-5-11-28/h3-5,10-11,14-17,26-27,31-37,41-42,63-65H,6-9,12-13,18-25,52-54H2,1-2H3,(H,55,76)(H,56,73)(H,57,78)(H,58,72)(H,59,74)(H,60,79)(H,61,75)(H,62,77)(H,66,67)(H,68,69)(H,70,71)(H,80,81)/t26-,27-,31+,32+,33+,34+,35+,36+,37+,41+,42+/m1/s1. The number of phenols is 1. The number of nitrogens with one attached hydrogen (secondary N) is 8. The van der Waals surface area contributed by atoms with Gasteiger partial charge in [-0.15, -0.1) is 0 Å². The Hall–Kier alpha value is -8.32. The largest absolute Gasteiger partial charge is 0.508 e. The Balaban J connectivity index is 2.43. The van der Waals surface area contributed by atoms with E-state index >= 15 is 0 Å². The van der Waals surface area contributed by atoms with Gasteiger partial charge in [0, 0.05) is 19.3 Å². The third kappa shape index (κ3) is 25.6. The molecule has 0 aromatic heterocycles. The maximum Gasteiger partial charge on any atom is 0.326 e. The van der Waals surface area contributed by atoms with Crippen molar-refractivity contribution in [2.75, 3.05) is 13.1 Å². The molecular formula is C51H75N11O19. The lowest BCUT2D eigenvalue weighted by atomic mass is 10.0. The van der Waals surface area contributed by atoms with E-state index in [1.165, 1.54) is 24.3 Å². The van der Waals surface area contributed by atoms with E-state index in [9.17, 15) is 88.2 Å². The summed E-state index contributed by atoms with van der Waals surface area (Å²) in [6, 6.07) is -2.06. The molecule has 0 saturated carbocycles. The Morgan fingerprint density at radius 3 is 1.26 bits per heavy atom. The van der Waals surface area contributed by atoms with Crippen LogP contribution in [-0.2, 0) is 70.4 Å². The first kappa shape index (κ1) is 68.8. The zero-order valence-corrected chi connectivity index (χ0v) is 44.7. The molecule has 0 aliphatic rings. The molecule has 0 heterocycles. The van der Waals surface area contributed by atoms with E-state index in [-0.39, 0.29) is 70.2 Å². The summed E-state index contributed by atoms with van der Waals surface area (Å²) in [4.78, 5) is 157. The van der Waals surface area contributed by atoms with Crippen LogP contribution in [0.1, 0.15) is 89.2 Å². The smallest absolute Gasteiger partial charge is 0.326 e. The molecule has 2 aromatic rings. The summed E-state index contributed by atoms with van der Waals surface area (Å²) >= 11 is 0. The number of unbranched alkanes of at least 4 members (excludes halogenated alkanes) is 2. The number of aliphatic hydroxyl groups is 2. The molecule has 0 saturated heterocycles. The first-order chi connectivity index (χ1) is 38.2. The van der Waals surface area contributed by atoms with Crippen LogP contribution in [0.15, 0.2) is 54.6 Å². The maximum atomic E-state index is 14.1. The Bertz CT molecular complexity index is 2470. The highest BCUT2D eigenvalue weighted by atomic mass is 16.4.